The summed E-state index contributed by atoms with van der Waals surface area (Å²) in [4.78, 5) is 2.30. The molecule has 0 saturated heterocycles. The van der Waals surface area contributed by atoms with Crippen molar-refractivity contribution < 1.29 is 21.5 Å². The minimum absolute atomic E-state index is 0.0965. The zero-order chi connectivity index (χ0) is 42.0. The van der Waals surface area contributed by atoms with Crippen molar-refractivity contribution in [2.24, 2.45) is 5.73 Å². The Kier molecular flexibility index (Phi) is 9.34. The molecular formula is C57H43IN5-. The Labute approximate surface area is 376 Å². The number of halogens is 1. The van der Waals surface area contributed by atoms with Gasteiger partial charge in [0.05, 0.1) is 11.0 Å². The van der Waals surface area contributed by atoms with Crippen molar-refractivity contribution in [1.82, 2.24) is 17.6 Å². The number of para-hydroxylation sites is 2. The van der Waals surface area contributed by atoms with Gasteiger partial charge in [-0.3, -0.25) is 0 Å². The van der Waals surface area contributed by atoms with Gasteiger partial charge in [-0.05, 0) is 17.5 Å². The molecule has 0 amide bonds. The van der Waals surface area contributed by atoms with Gasteiger partial charge < -0.3 is 4.57 Å². The maximum atomic E-state index is 7.45. The third kappa shape index (κ3) is 6.32. The van der Waals surface area contributed by atoms with E-state index in [1.807, 2.05) is 0 Å². The molecule has 3 N–H and O–H groups in total. The SMILES string of the molecule is CN(C(N)c1ccc(-n2c3ccc(-n4c5ccccc5c5ccccc54)cc3c3cc4ccccc4cc32)c2ccccc12)C(N[I-]c1cccc2ccccc12)c1ccccc1. The number of nitrogens with zero attached hydrogens (tertiary/aromatic N) is 3. The van der Waals surface area contributed by atoms with E-state index in [2.05, 4.69) is 237 Å². The van der Waals surface area contributed by atoms with E-state index >= 15 is 0 Å². The number of nitrogens with one attached hydrogen (secondary N) is 1. The molecule has 0 fully saturated rings. The molecule has 2 unspecified atom stereocenters. The summed E-state index contributed by atoms with van der Waals surface area (Å²) in [6.45, 7) is 0. The molecule has 0 radical (unpaired) electrons. The number of hydrogen-bond donors (Lipinski definition) is 2. The first-order chi connectivity index (χ1) is 31.1. The van der Waals surface area contributed by atoms with Crippen LogP contribution in [0.15, 0.2) is 212 Å². The number of fused-ring (bicyclic) bond motifs is 9. The summed E-state index contributed by atoms with van der Waals surface area (Å²) >= 11 is -0.570. The zero-order valence-corrected chi connectivity index (χ0v) is 36.8. The van der Waals surface area contributed by atoms with Crippen LogP contribution in [0.5, 0.6) is 0 Å². The summed E-state index contributed by atoms with van der Waals surface area (Å²) in [5, 5.41) is 12.3. The number of benzene rings is 10. The van der Waals surface area contributed by atoms with Crippen LogP contribution in [0.2, 0.25) is 0 Å². The Bertz CT molecular complexity index is 3640. The van der Waals surface area contributed by atoms with E-state index < -0.39 is 27.6 Å². The van der Waals surface area contributed by atoms with Crippen LogP contribution in [0, 0.1) is 3.57 Å². The summed E-state index contributed by atoms with van der Waals surface area (Å²) in [5.74, 6) is 0. The molecule has 304 valence electrons. The van der Waals surface area contributed by atoms with E-state index in [9.17, 15) is 0 Å². The Morgan fingerprint density at radius 3 is 1.76 bits per heavy atom. The molecule has 12 rings (SSSR count). The molecule has 0 aliphatic carbocycles. The molecule has 12 aromatic rings. The van der Waals surface area contributed by atoms with Crippen molar-refractivity contribution in [2.75, 3.05) is 7.05 Å². The molecule has 0 aliphatic rings. The molecule has 0 saturated carbocycles. The van der Waals surface area contributed by atoms with Gasteiger partial charge in [-0.15, -0.1) is 0 Å². The van der Waals surface area contributed by atoms with Crippen molar-refractivity contribution in [3.05, 3.63) is 227 Å². The van der Waals surface area contributed by atoms with E-state index in [1.165, 1.54) is 68.8 Å². The number of nitrogens with two attached hydrogens (primary N) is 1. The van der Waals surface area contributed by atoms with Crippen LogP contribution in [0.4, 0.5) is 0 Å². The van der Waals surface area contributed by atoms with E-state index in [1.54, 1.807) is 0 Å². The molecule has 2 heterocycles. The van der Waals surface area contributed by atoms with Crippen molar-refractivity contribution in [1.29, 1.82) is 0 Å². The molecule has 10 aromatic carbocycles. The van der Waals surface area contributed by atoms with Gasteiger partial charge in [-0.1, -0.05) is 60.7 Å². The Morgan fingerprint density at radius 1 is 0.444 bits per heavy atom. The molecule has 0 aliphatic heterocycles. The number of aromatic nitrogens is 2. The number of hydrogen-bond acceptors (Lipinski definition) is 3. The van der Waals surface area contributed by atoms with E-state index in [-0.39, 0.29) is 6.17 Å². The second-order valence-corrected chi connectivity index (χ2v) is 18.8. The van der Waals surface area contributed by atoms with Crippen LogP contribution in [0.25, 0.3) is 87.3 Å². The molecule has 63 heavy (non-hydrogen) atoms. The fraction of sp³-hybridized carbons (Fsp3) is 0.0526. The predicted octanol–water partition coefficient (Wildman–Crippen LogP) is 10.4. The predicted molar refractivity (Wildman–Crippen MR) is 260 cm³/mol. The van der Waals surface area contributed by atoms with Crippen molar-refractivity contribution in [2.45, 2.75) is 12.3 Å². The third-order valence-corrected chi connectivity index (χ3v) is 15.3. The standard InChI is InChI=1S/C57H43IN5/c1-61(57(38-17-3-2-4-18-38)60-58-50-27-15-21-37-16-7-8-22-42(37)50)56(59)47-31-33-53(44-24-10-9-23-43(44)47)63-54-32-30-41(36-49(54)48-34-39-19-5-6-20-40(39)35-55(48)63)62-51-28-13-11-25-45(51)46-26-12-14-29-52(46)62/h2-36,56-57,60H,59H2,1H3/q-1. The monoisotopic (exact) mass is 924 g/mol. The van der Waals surface area contributed by atoms with Crippen LogP contribution >= 0.6 is 0 Å². The summed E-state index contributed by atoms with van der Waals surface area (Å²) in [5.41, 5.74) is 16.7. The van der Waals surface area contributed by atoms with Crippen molar-refractivity contribution in [3.63, 3.8) is 0 Å². The van der Waals surface area contributed by atoms with Crippen LogP contribution < -0.4 is 30.7 Å². The van der Waals surface area contributed by atoms with Crippen LogP contribution in [0.3, 0.4) is 0 Å². The van der Waals surface area contributed by atoms with Gasteiger partial charge >= 0.3 is 268 Å². The average molecular weight is 925 g/mol. The number of rotatable bonds is 9. The molecular weight excluding hydrogens is 882 g/mol. The Balaban J connectivity index is 0.997. The topological polar surface area (TPSA) is 51.1 Å². The first-order valence-electron chi connectivity index (χ1n) is 21.5. The quantitative estimate of drug-likeness (QED) is 0.0862. The normalized spacial score (nSPS) is 13.1. The Hall–Kier alpha value is -6.81. The third-order valence-electron chi connectivity index (χ3n) is 12.9. The molecule has 2 aromatic heterocycles. The minimum atomic E-state index is -0.570. The average Bonchev–Trinajstić information content (AvgIpc) is 3.84. The summed E-state index contributed by atoms with van der Waals surface area (Å²) in [6.07, 6.45) is -0.491. The van der Waals surface area contributed by atoms with Crippen LogP contribution in [-0.2, 0) is 0 Å². The van der Waals surface area contributed by atoms with Crippen molar-refractivity contribution >= 4 is 75.9 Å². The van der Waals surface area contributed by atoms with Gasteiger partial charge in [0.15, 0.2) is 0 Å². The van der Waals surface area contributed by atoms with Gasteiger partial charge in [0.25, 0.3) is 0 Å². The molecule has 0 bridgehead atoms. The fourth-order valence-corrected chi connectivity index (χ4v) is 12.4. The fourth-order valence-electron chi connectivity index (χ4n) is 9.82. The molecule has 5 nitrogen and oxygen atoms in total. The molecule has 2 atom stereocenters. The summed E-state index contributed by atoms with van der Waals surface area (Å²) < 4.78 is 10.3. The van der Waals surface area contributed by atoms with Gasteiger partial charge in [0, 0.05) is 16.5 Å². The first-order valence-corrected chi connectivity index (χ1v) is 23.6. The second-order valence-electron chi connectivity index (χ2n) is 16.4. The zero-order valence-electron chi connectivity index (χ0n) is 34.7. The first kappa shape index (κ1) is 37.9. The maximum absolute atomic E-state index is 7.45. The summed E-state index contributed by atoms with van der Waals surface area (Å²) in [7, 11) is 2.15. The van der Waals surface area contributed by atoms with Gasteiger partial charge in [0.1, 0.15) is 0 Å². The van der Waals surface area contributed by atoms with Crippen LogP contribution in [0.1, 0.15) is 23.5 Å². The van der Waals surface area contributed by atoms with Crippen molar-refractivity contribution in [3.8, 4) is 11.4 Å². The molecule has 0 spiro atoms. The van der Waals surface area contributed by atoms with E-state index in [0.717, 1.165) is 33.2 Å². The second kappa shape index (κ2) is 15.5. The van der Waals surface area contributed by atoms with Crippen LogP contribution in [-0.4, -0.2) is 21.1 Å². The van der Waals surface area contributed by atoms with Gasteiger partial charge in [0.2, 0.25) is 0 Å². The summed E-state index contributed by atoms with van der Waals surface area (Å²) in [6, 6.07) is 77.2. The van der Waals surface area contributed by atoms with E-state index in [0.29, 0.717) is 0 Å². The van der Waals surface area contributed by atoms with Gasteiger partial charge in [-0.25, -0.2) is 0 Å². The molecule has 6 heteroatoms. The Morgan fingerprint density at radius 2 is 1.02 bits per heavy atom. The van der Waals surface area contributed by atoms with E-state index in [4.69, 9.17) is 5.73 Å². The van der Waals surface area contributed by atoms with Gasteiger partial charge in [-0.2, -0.15) is 0 Å².